The van der Waals surface area contributed by atoms with E-state index in [0.29, 0.717) is 42.5 Å². The number of amides is 2. The summed E-state index contributed by atoms with van der Waals surface area (Å²) in [7, 11) is -3.66. The number of hydrogen-bond donors (Lipinski definition) is 3. The lowest BCUT2D eigenvalue weighted by atomic mass is 10.00. The van der Waals surface area contributed by atoms with Crippen LogP contribution in [0.2, 0.25) is 0 Å². The van der Waals surface area contributed by atoms with Crippen molar-refractivity contribution in [2.75, 3.05) is 29.9 Å². The summed E-state index contributed by atoms with van der Waals surface area (Å²) >= 11 is 0. The SMILES string of the molecule is C[C@@H](C1CC1)N1Cc2cc(-c3ccn4nc(N)c(C(=O)NC5(C)COC5)c4n3)cc(NS(C)(=O)=O)c2C1=O. The van der Waals surface area contributed by atoms with Gasteiger partial charge < -0.3 is 20.7 Å². The number of nitrogens with one attached hydrogen (secondary N) is 2. The molecule has 0 spiro atoms. The molecule has 200 valence electrons. The molecule has 13 heteroatoms. The molecule has 1 aromatic carbocycles. The molecule has 2 aliphatic heterocycles. The number of anilines is 2. The molecule has 2 amide bonds. The van der Waals surface area contributed by atoms with E-state index in [1.165, 1.54) is 4.52 Å². The smallest absolute Gasteiger partial charge is 0.259 e. The van der Waals surface area contributed by atoms with Crippen molar-refractivity contribution in [2.24, 2.45) is 5.92 Å². The van der Waals surface area contributed by atoms with Crippen LogP contribution in [0.4, 0.5) is 11.5 Å². The van der Waals surface area contributed by atoms with Gasteiger partial charge >= 0.3 is 0 Å². The highest BCUT2D eigenvalue weighted by atomic mass is 32.2. The summed E-state index contributed by atoms with van der Waals surface area (Å²) in [5.41, 5.74) is 8.37. The van der Waals surface area contributed by atoms with E-state index >= 15 is 0 Å². The lowest BCUT2D eigenvalue weighted by Gasteiger charge is -2.38. The number of nitrogen functional groups attached to an aromatic ring is 1. The molecule has 1 aliphatic carbocycles. The number of sulfonamides is 1. The first-order valence-electron chi connectivity index (χ1n) is 12.4. The number of hydrogen-bond acceptors (Lipinski definition) is 8. The zero-order chi connectivity index (χ0) is 27.0. The third-order valence-corrected chi connectivity index (χ3v) is 8.01. The number of fused-ring (bicyclic) bond motifs is 2. The summed E-state index contributed by atoms with van der Waals surface area (Å²) in [4.78, 5) is 33.0. The Morgan fingerprint density at radius 3 is 2.66 bits per heavy atom. The number of benzene rings is 1. The fraction of sp³-hybridized carbons (Fsp3) is 0.440. The molecule has 0 radical (unpaired) electrons. The fourth-order valence-electron chi connectivity index (χ4n) is 5.21. The van der Waals surface area contributed by atoms with E-state index in [9.17, 15) is 18.0 Å². The van der Waals surface area contributed by atoms with Crippen molar-refractivity contribution in [2.45, 2.75) is 44.8 Å². The molecule has 3 aromatic rings. The third kappa shape index (κ3) is 4.25. The number of nitrogens with two attached hydrogens (primary N) is 1. The Morgan fingerprint density at radius 2 is 2.03 bits per heavy atom. The second kappa shape index (κ2) is 8.40. The minimum Gasteiger partial charge on any atom is -0.381 e. The number of nitrogens with zero attached hydrogens (tertiary/aromatic N) is 4. The number of carbonyl (C=O) groups excluding carboxylic acids is 2. The van der Waals surface area contributed by atoms with Crippen LogP contribution in [0.3, 0.4) is 0 Å². The van der Waals surface area contributed by atoms with Crippen LogP contribution in [-0.2, 0) is 21.3 Å². The summed E-state index contributed by atoms with van der Waals surface area (Å²) < 4.78 is 33.6. The molecule has 4 heterocycles. The molecule has 38 heavy (non-hydrogen) atoms. The Kier molecular flexibility index (Phi) is 5.44. The second-order valence-corrected chi connectivity index (χ2v) is 12.5. The van der Waals surface area contributed by atoms with Gasteiger partial charge in [0.2, 0.25) is 10.0 Å². The van der Waals surface area contributed by atoms with Crippen molar-refractivity contribution in [3.05, 3.63) is 41.1 Å². The van der Waals surface area contributed by atoms with E-state index in [0.717, 1.165) is 24.7 Å². The van der Waals surface area contributed by atoms with Gasteiger partial charge in [0.25, 0.3) is 11.8 Å². The standard InChI is InChI=1S/C25H29N7O5S/c1-13(14-4-5-14)31-10-16-8-15(9-18(19(16)24(31)34)30-38(3,35)36)17-6-7-32-22(27-17)20(21(26)29-32)23(33)28-25(2)11-37-12-25/h6-9,13-14,30H,4-5,10-12H2,1-3H3,(H2,26,29)(H,28,33)/t13-/m0/s1. The first-order chi connectivity index (χ1) is 17.9. The molecule has 0 unspecified atom stereocenters. The summed E-state index contributed by atoms with van der Waals surface area (Å²) in [5, 5.41) is 7.16. The largest absolute Gasteiger partial charge is 0.381 e. The Hall–Kier alpha value is -3.71. The van der Waals surface area contributed by atoms with E-state index in [-0.39, 0.29) is 34.7 Å². The van der Waals surface area contributed by atoms with Crippen molar-refractivity contribution in [1.82, 2.24) is 24.8 Å². The minimum absolute atomic E-state index is 0.0414. The van der Waals surface area contributed by atoms with Crippen molar-refractivity contribution >= 4 is 39.0 Å². The summed E-state index contributed by atoms with van der Waals surface area (Å²) in [6.45, 7) is 5.10. The molecule has 12 nitrogen and oxygen atoms in total. The van der Waals surface area contributed by atoms with E-state index in [1.54, 1.807) is 23.2 Å². The molecule has 3 aliphatic rings. The molecule has 4 N–H and O–H groups in total. The lowest BCUT2D eigenvalue weighted by Crippen LogP contribution is -2.59. The Bertz CT molecular complexity index is 1610. The molecule has 1 atom stereocenters. The second-order valence-electron chi connectivity index (χ2n) is 10.8. The van der Waals surface area contributed by atoms with E-state index < -0.39 is 21.5 Å². The minimum atomic E-state index is -3.66. The molecular formula is C25H29N7O5S. The molecule has 2 aromatic heterocycles. The van der Waals surface area contributed by atoms with E-state index in [1.807, 2.05) is 19.9 Å². The van der Waals surface area contributed by atoms with Gasteiger partial charge in [0.05, 0.1) is 42.0 Å². The summed E-state index contributed by atoms with van der Waals surface area (Å²) in [6.07, 6.45) is 4.86. The zero-order valence-electron chi connectivity index (χ0n) is 21.3. The molecule has 1 saturated carbocycles. The first kappa shape index (κ1) is 24.6. The third-order valence-electron chi connectivity index (χ3n) is 7.42. The van der Waals surface area contributed by atoms with Gasteiger partial charge in [-0.25, -0.2) is 17.9 Å². The molecular weight excluding hydrogens is 510 g/mol. The van der Waals surface area contributed by atoms with Crippen molar-refractivity contribution < 1.29 is 22.7 Å². The number of ether oxygens (including phenoxy) is 1. The quantitative estimate of drug-likeness (QED) is 0.408. The van der Waals surface area contributed by atoms with E-state index in [2.05, 4.69) is 20.1 Å². The van der Waals surface area contributed by atoms with Gasteiger partial charge in [-0.3, -0.25) is 14.3 Å². The van der Waals surface area contributed by atoms with E-state index in [4.69, 9.17) is 10.5 Å². The van der Waals surface area contributed by atoms with Crippen LogP contribution in [0.25, 0.3) is 16.9 Å². The topological polar surface area (TPSA) is 161 Å². The zero-order valence-corrected chi connectivity index (χ0v) is 22.1. The molecule has 6 rings (SSSR count). The van der Waals surface area contributed by atoms with Crippen LogP contribution in [-0.4, -0.2) is 70.8 Å². The Morgan fingerprint density at radius 1 is 1.29 bits per heavy atom. The van der Waals surface area contributed by atoms with Gasteiger partial charge in [-0.05, 0) is 56.4 Å². The lowest BCUT2D eigenvalue weighted by molar-refractivity contribution is -0.0593. The van der Waals surface area contributed by atoms with Crippen molar-refractivity contribution in [1.29, 1.82) is 0 Å². The summed E-state index contributed by atoms with van der Waals surface area (Å²) in [5.74, 6) is -0.0819. The van der Waals surface area contributed by atoms with Crippen LogP contribution in [0.5, 0.6) is 0 Å². The average Bonchev–Trinajstić information content (AvgIpc) is 3.53. The average molecular weight is 540 g/mol. The number of aromatic nitrogens is 3. The maximum atomic E-state index is 13.4. The van der Waals surface area contributed by atoms with Crippen molar-refractivity contribution in [3.8, 4) is 11.3 Å². The number of carbonyl (C=O) groups is 2. The van der Waals surface area contributed by atoms with Crippen LogP contribution < -0.4 is 15.8 Å². The van der Waals surface area contributed by atoms with Gasteiger partial charge in [-0.1, -0.05) is 0 Å². The highest BCUT2D eigenvalue weighted by Crippen LogP contribution is 2.41. The predicted octanol–water partition coefficient (Wildman–Crippen LogP) is 1.62. The maximum Gasteiger partial charge on any atom is 0.259 e. The predicted molar refractivity (Wildman–Crippen MR) is 140 cm³/mol. The fourth-order valence-corrected chi connectivity index (χ4v) is 5.77. The Labute approximate surface area is 219 Å². The highest BCUT2D eigenvalue weighted by Gasteiger charge is 2.40. The van der Waals surface area contributed by atoms with Gasteiger partial charge in [-0.15, -0.1) is 5.10 Å². The number of rotatable bonds is 7. The van der Waals surface area contributed by atoms with Crippen LogP contribution in [0, 0.1) is 5.92 Å². The van der Waals surface area contributed by atoms with Gasteiger partial charge in [0.15, 0.2) is 11.5 Å². The van der Waals surface area contributed by atoms with Gasteiger partial charge in [0.1, 0.15) is 5.56 Å². The maximum absolute atomic E-state index is 13.4. The van der Waals surface area contributed by atoms with Crippen LogP contribution in [0.1, 0.15) is 53.0 Å². The molecule has 2 fully saturated rings. The Balaban J connectivity index is 1.42. The first-order valence-corrected chi connectivity index (χ1v) is 14.3. The monoisotopic (exact) mass is 539 g/mol. The molecule has 1 saturated heterocycles. The van der Waals surface area contributed by atoms with Crippen molar-refractivity contribution in [3.63, 3.8) is 0 Å². The highest BCUT2D eigenvalue weighted by molar-refractivity contribution is 7.92. The summed E-state index contributed by atoms with van der Waals surface area (Å²) in [6, 6.07) is 5.23. The molecule has 0 bridgehead atoms. The van der Waals surface area contributed by atoms with Gasteiger partial charge in [0, 0.05) is 24.3 Å². The normalized spacial score (nSPS) is 19.2. The van der Waals surface area contributed by atoms with Gasteiger partial charge in [-0.2, -0.15) is 0 Å². The van der Waals surface area contributed by atoms with Crippen LogP contribution >= 0.6 is 0 Å². The van der Waals surface area contributed by atoms with Crippen LogP contribution in [0.15, 0.2) is 24.4 Å².